The predicted molar refractivity (Wildman–Crippen MR) is 58.7 cm³/mol. The topological polar surface area (TPSA) is 38.9 Å². The van der Waals surface area contributed by atoms with Crippen LogP contribution in [-0.2, 0) is 5.54 Å². The highest BCUT2D eigenvalue weighted by Gasteiger charge is 2.36. The van der Waals surface area contributed by atoms with Crippen LogP contribution in [0.2, 0.25) is 0 Å². The van der Waals surface area contributed by atoms with E-state index in [0.717, 1.165) is 23.8 Å². The summed E-state index contributed by atoms with van der Waals surface area (Å²) < 4.78 is 0. The van der Waals surface area contributed by atoms with Crippen LogP contribution in [-0.4, -0.2) is 12.8 Å². The van der Waals surface area contributed by atoms with Crippen molar-refractivity contribution in [1.29, 1.82) is 0 Å². The van der Waals surface area contributed by atoms with Crippen molar-refractivity contribution in [1.82, 2.24) is 4.98 Å². The summed E-state index contributed by atoms with van der Waals surface area (Å²) in [5, 5.41) is 1.03. The molecule has 0 spiro atoms. The summed E-state index contributed by atoms with van der Waals surface area (Å²) in [5.74, 6) is 0. The van der Waals surface area contributed by atoms with Crippen LogP contribution in [0.1, 0.15) is 25.0 Å². The van der Waals surface area contributed by atoms with Gasteiger partial charge in [0, 0.05) is 6.20 Å². The maximum atomic E-state index is 6.16. The number of hydrogen-bond donors (Lipinski definition) is 1. The number of hydrogen-bond acceptors (Lipinski definition) is 2. The molecule has 1 atom stereocenters. The first-order valence-corrected chi connectivity index (χ1v) is 5.00. The van der Waals surface area contributed by atoms with Gasteiger partial charge in [0.2, 0.25) is 0 Å². The van der Waals surface area contributed by atoms with E-state index in [4.69, 9.17) is 13.6 Å². The van der Waals surface area contributed by atoms with Gasteiger partial charge in [0.05, 0.1) is 11.2 Å². The van der Waals surface area contributed by atoms with E-state index in [2.05, 4.69) is 14.2 Å². The summed E-state index contributed by atoms with van der Waals surface area (Å²) in [4.78, 5) is 4.30. The molecule has 1 aromatic heterocycles. The predicted octanol–water partition coefficient (Wildman–Crippen LogP) is -0.286. The Morgan fingerprint density at radius 3 is 2.69 bits per heavy atom. The zero-order valence-electron chi connectivity index (χ0n) is 7.46. The maximum absolute atomic E-state index is 6.16. The van der Waals surface area contributed by atoms with Gasteiger partial charge in [-0.15, -0.1) is 9.24 Å². The van der Waals surface area contributed by atoms with Crippen LogP contribution in [0, 0.1) is 0 Å². The Labute approximate surface area is 81.9 Å². The highest BCUT2D eigenvalue weighted by Crippen LogP contribution is 2.36. The van der Waals surface area contributed by atoms with E-state index in [0.29, 0.717) is 5.46 Å². The molecule has 4 heteroatoms. The molecule has 2 rings (SSSR count). The van der Waals surface area contributed by atoms with E-state index >= 15 is 0 Å². The lowest BCUT2D eigenvalue weighted by molar-refractivity contribution is 0.248. The van der Waals surface area contributed by atoms with Crippen LogP contribution >= 0.6 is 9.24 Å². The Balaban J connectivity index is 2.40. The monoisotopic (exact) mass is 190 g/mol. The number of nitrogens with zero attached hydrogens (tertiary/aromatic N) is 1. The summed E-state index contributed by atoms with van der Waals surface area (Å²) >= 11 is 0. The van der Waals surface area contributed by atoms with Gasteiger partial charge in [0.25, 0.3) is 0 Å². The third-order valence-corrected chi connectivity index (χ3v) is 3.10. The van der Waals surface area contributed by atoms with Crippen molar-refractivity contribution in [3.8, 4) is 0 Å². The minimum absolute atomic E-state index is 0.190. The Hall–Kier alpha value is -0.395. The van der Waals surface area contributed by atoms with E-state index in [1.165, 1.54) is 6.42 Å². The smallest absolute Gasteiger partial charge is 0.115 e. The minimum atomic E-state index is -0.190. The number of pyridine rings is 1. The van der Waals surface area contributed by atoms with Gasteiger partial charge < -0.3 is 5.73 Å². The zero-order chi connectivity index (χ0) is 9.47. The fourth-order valence-corrected chi connectivity index (χ4v) is 2.26. The molecule has 2 nitrogen and oxygen atoms in total. The van der Waals surface area contributed by atoms with Crippen molar-refractivity contribution in [2.24, 2.45) is 5.73 Å². The van der Waals surface area contributed by atoms with Crippen molar-refractivity contribution < 1.29 is 0 Å². The molecule has 1 saturated carbocycles. The second kappa shape index (κ2) is 3.07. The van der Waals surface area contributed by atoms with Crippen LogP contribution in [0.3, 0.4) is 0 Å². The number of nitrogens with two attached hydrogens (primary N) is 1. The van der Waals surface area contributed by atoms with Crippen LogP contribution in [0.4, 0.5) is 0 Å². The molecule has 0 saturated heterocycles. The lowest BCUT2D eigenvalue weighted by Gasteiger charge is -2.38. The van der Waals surface area contributed by atoms with E-state index in [1.54, 1.807) is 6.20 Å². The SMILES string of the molecule is [B]c1cnc(C2(N)CCC2)c(P)c1. The molecule has 1 aromatic rings. The Morgan fingerprint density at radius 2 is 2.23 bits per heavy atom. The minimum Gasteiger partial charge on any atom is -0.320 e. The van der Waals surface area contributed by atoms with E-state index in [-0.39, 0.29) is 5.54 Å². The van der Waals surface area contributed by atoms with Crippen molar-refractivity contribution in [3.63, 3.8) is 0 Å². The van der Waals surface area contributed by atoms with Gasteiger partial charge in [-0.1, -0.05) is 11.5 Å². The maximum Gasteiger partial charge on any atom is 0.115 e. The molecule has 0 aromatic carbocycles. The standard InChI is InChI=1S/C9H12BN2P/c10-6-4-7(13)8(12-5-6)9(11)2-1-3-9/h4-5H,1-3,11,13H2. The van der Waals surface area contributed by atoms with E-state index in [9.17, 15) is 0 Å². The van der Waals surface area contributed by atoms with E-state index < -0.39 is 0 Å². The normalized spacial score (nSPS) is 19.5. The molecule has 2 N–H and O–H groups in total. The molecule has 0 bridgehead atoms. The molecule has 1 aliphatic rings. The van der Waals surface area contributed by atoms with Crippen molar-refractivity contribution in [2.75, 3.05) is 0 Å². The van der Waals surface area contributed by atoms with Gasteiger partial charge in [-0.3, -0.25) is 4.98 Å². The molecule has 0 amide bonds. The average molecular weight is 190 g/mol. The molecule has 13 heavy (non-hydrogen) atoms. The molecule has 1 heterocycles. The van der Waals surface area contributed by atoms with Crippen LogP contribution in [0.15, 0.2) is 12.3 Å². The summed E-state index contributed by atoms with van der Waals surface area (Å²) in [6, 6.07) is 1.90. The quantitative estimate of drug-likeness (QED) is 0.488. The molecule has 1 unspecified atom stereocenters. The highest BCUT2D eigenvalue weighted by molar-refractivity contribution is 7.27. The van der Waals surface area contributed by atoms with E-state index in [1.807, 2.05) is 6.07 Å². The molecule has 0 aliphatic heterocycles. The fourth-order valence-electron chi connectivity index (χ4n) is 1.71. The van der Waals surface area contributed by atoms with Gasteiger partial charge in [-0.2, -0.15) is 0 Å². The summed E-state index contributed by atoms with van der Waals surface area (Å²) in [7, 11) is 8.26. The largest absolute Gasteiger partial charge is 0.320 e. The first-order chi connectivity index (χ1) is 6.12. The molecular formula is C9H12BN2P. The van der Waals surface area contributed by atoms with Gasteiger partial charge in [0.15, 0.2) is 0 Å². The Bertz CT molecular complexity index is 336. The fraction of sp³-hybridized carbons (Fsp3) is 0.444. The third-order valence-electron chi connectivity index (χ3n) is 2.66. The summed E-state index contributed by atoms with van der Waals surface area (Å²) in [5.41, 5.74) is 7.64. The molecular weight excluding hydrogens is 178 g/mol. The van der Waals surface area contributed by atoms with Crippen LogP contribution in [0.5, 0.6) is 0 Å². The van der Waals surface area contributed by atoms with Crippen molar-refractivity contribution in [3.05, 3.63) is 18.0 Å². The third kappa shape index (κ3) is 1.51. The van der Waals surface area contributed by atoms with Crippen LogP contribution < -0.4 is 16.5 Å². The first kappa shape index (κ1) is 9.17. The average Bonchev–Trinajstić information content (AvgIpc) is 2.00. The lowest BCUT2D eigenvalue weighted by atomic mass is 9.75. The second-order valence-electron chi connectivity index (χ2n) is 3.72. The summed E-state index contributed by atoms with van der Waals surface area (Å²) in [6.45, 7) is 0. The van der Waals surface area contributed by atoms with Crippen molar-refractivity contribution >= 4 is 27.9 Å². The van der Waals surface area contributed by atoms with Crippen LogP contribution in [0.25, 0.3) is 0 Å². The number of rotatable bonds is 1. The molecule has 2 radical (unpaired) electrons. The molecule has 66 valence electrons. The Morgan fingerprint density at radius 1 is 1.54 bits per heavy atom. The summed E-state index contributed by atoms with van der Waals surface area (Å²) in [6.07, 6.45) is 4.94. The molecule has 1 fully saturated rings. The van der Waals surface area contributed by atoms with Crippen molar-refractivity contribution in [2.45, 2.75) is 24.8 Å². The first-order valence-electron chi connectivity index (χ1n) is 4.42. The second-order valence-corrected chi connectivity index (χ2v) is 4.34. The zero-order valence-corrected chi connectivity index (χ0v) is 8.61. The van der Waals surface area contributed by atoms with Gasteiger partial charge in [0.1, 0.15) is 7.85 Å². The van der Waals surface area contributed by atoms with Gasteiger partial charge in [-0.25, -0.2) is 0 Å². The Kier molecular flexibility index (Phi) is 2.17. The highest BCUT2D eigenvalue weighted by atomic mass is 31.0. The number of aromatic nitrogens is 1. The lowest BCUT2D eigenvalue weighted by Crippen LogP contribution is -2.46. The van der Waals surface area contributed by atoms with Gasteiger partial charge in [-0.05, 0) is 24.6 Å². The van der Waals surface area contributed by atoms with Gasteiger partial charge >= 0.3 is 0 Å². The molecule has 1 aliphatic carbocycles.